The third-order valence-electron chi connectivity index (χ3n) is 2.46. The van der Waals surface area contributed by atoms with Crippen molar-refractivity contribution in [1.82, 2.24) is 0 Å². The maximum atomic E-state index is 12.3. The number of carbonyl (C=O) groups is 1. The van der Waals surface area contributed by atoms with Crippen molar-refractivity contribution in [2.24, 2.45) is 5.73 Å². The number of nitrogens with one attached hydrogen (secondary N) is 1. The molecule has 1 amide bonds. The Balaban J connectivity index is 2.86. The zero-order valence-electron chi connectivity index (χ0n) is 10.1. The van der Waals surface area contributed by atoms with E-state index in [1.54, 1.807) is 6.92 Å². The van der Waals surface area contributed by atoms with Crippen LogP contribution >= 0.6 is 0 Å². The summed E-state index contributed by atoms with van der Waals surface area (Å²) in [4.78, 5) is 11.0. The van der Waals surface area contributed by atoms with Crippen LogP contribution in [-0.4, -0.2) is 26.1 Å². The molecule has 1 rings (SSSR count). The van der Waals surface area contributed by atoms with Gasteiger partial charge < -0.3 is 11.1 Å². The van der Waals surface area contributed by atoms with E-state index in [0.29, 0.717) is 12.1 Å². The minimum absolute atomic E-state index is 0.294. The Hall–Kier alpha value is -1.54. The number of rotatable bonds is 5. The minimum Gasteiger partial charge on any atom is -0.325 e. The van der Waals surface area contributed by atoms with Gasteiger partial charge in [-0.15, -0.1) is 0 Å². The highest BCUT2D eigenvalue weighted by atomic mass is 32.2. The molecule has 0 unspecified atom stereocenters. The van der Waals surface area contributed by atoms with Gasteiger partial charge in [-0.25, -0.2) is 8.42 Å². The van der Waals surface area contributed by atoms with Gasteiger partial charge in [-0.2, -0.15) is 8.78 Å². The van der Waals surface area contributed by atoms with E-state index in [4.69, 9.17) is 5.73 Å². The fourth-order valence-electron chi connectivity index (χ4n) is 1.25. The molecule has 19 heavy (non-hydrogen) atoms. The van der Waals surface area contributed by atoms with Crippen LogP contribution in [0.3, 0.4) is 0 Å². The topological polar surface area (TPSA) is 89.3 Å². The van der Waals surface area contributed by atoms with E-state index >= 15 is 0 Å². The Bertz CT molecular complexity index is 544. The van der Waals surface area contributed by atoms with Crippen molar-refractivity contribution in [2.45, 2.75) is 30.0 Å². The summed E-state index contributed by atoms with van der Waals surface area (Å²) in [6.07, 6.45) is 0.448. The molecule has 0 aliphatic carbocycles. The number of halogens is 2. The summed E-state index contributed by atoms with van der Waals surface area (Å²) in [6, 6.07) is 3.80. The number of nitrogens with two attached hydrogens (primary N) is 1. The maximum absolute atomic E-state index is 12.3. The smallest absolute Gasteiger partial charge is 0.325 e. The molecule has 0 fully saturated rings. The number of carbonyl (C=O) groups excluding carboxylic acids is 1. The van der Waals surface area contributed by atoms with Gasteiger partial charge in [0.2, 0.25) is 15.7 Å². The van der Waals surface area contributed by atoms with Crippen molar-refractivity contribution in [3.63, 3.8) is 0 Å². The fourth-order valence-corrected chi connectivity index (χ4v) is 1.97. The molecule has 3 N–H and O–H groups in total. The Morgan fingerprint density at radius 2 is 1.84 bits per heavy atom. The van der Waals surface area contributed by atoms with Crippen molar-refractivity contribution in [1.29, 1.82) is 0 Å². The highest BCUT2D eigenvalue weighted by molar-refractivity contribution is 7.91. The number of amides is 1. The molecule has 1 aromatic rings. The first-order valence-corrected chi connectivity index (χ1v) is 7.02. The quantitative estimate of drug-likeness (QED) is 0.857. The predicted molar refractivity (Wildman–Crippen MR) is 66.5 cm³/mol. The van der Waals surface area contributed by atoms with Crippen molar-refractivity contribution >= 4 is 21.4 Å². The lowest BCUT2D eigenvalue weighted by Crippen LogP contribution is -2.34. The second-order valence-electron chi connectivity index (χ2n) is 3.83. The summed E-state index contributed by atoms with van der Waals surface area (Å²) in [7, 11) is -4.61. The summed E-state index contributed by atoms with van der Waals surface area (Å²) in [5.41, 5.74) is 5.79. The zero-order chi connectivity index (χ0) is 14.6. The molecule has 0 radical (unpaired) electrons. The molecule has 106 valence electrons. The van der Waals surface area contributed by atoms with E-state index in [2.05, 4.69) is 5.32 Å². The standard InChI is InChI=1S/C11H14F2N2O3S/c1-2-9(14)10(16)15-7-3-5-8(6-4-7)19(17,18)11(12)13/h3-6,9,11H,2,14H2,1H3,(H,15,16)/t9-/m0/s1. The number of hydrogen-bond donors (Lipinski definition) is 2. The highest BCUT2D eigenvalue weighted by Gasteiger charge is 2.26. The van der Waals surface area contributed by atoms with Crippen LogP contribution in [0.4, 0.5) is 14.5 Å². The number of hydrogen-bond acceptors (Lipinski definition) is 4. The molecule has 0 saturated carbocycles. The van der Waals surface area contributed by atoms with Gasteiger partial charge in [0.1, 0.15) is 0 Å². The van der Waals surface area contributed by atoms with E-state index in [1.165, 1.54) is 12.1 Å². The number of sulfone groups is 1. The molecular weight excluding hydrogens is 278 g/mol. The normalized spacial score (nSPS) is 13.3. The van der Waals surface area contributed by atoms with E-state index in [0.717, 1.165) is 12.1 Å². The fraction of sp³-hybridized carbons (Fsp3) is 0.364. The first kappa shape index (κ1) is 15.5. The molecule has 0 spiro atoms. The van der Waals surface area contributed by atoms with Gasteiger partial charge in [0, 0.05) is 5.69 Å². The molecule has 0 aliphatic rings. The minimum atomic E-state index is -4.61. The van der Waals surface area contributed by atoms with Crippen LogP contribution < -0.4 is 11.1 Å². The molecule has 0 aliphatic heterocycles. The highest BCUT2D eigenvalue weighted by Crippen LogP contribution is 2.20. The Kier molecular flexibility index (Phi) is 4.96. The summed E-state index contributed by atoms with van der Waals surface area (Å²) in [5, 5.41) is 2.45. The van der Waals surface area contributed by atoms with Crippen LogP contribution in [0.1, 0.15) is 13.3 Å². The Labute approximate surface area is 109 Å². The van der Waals surface area contributed by atoms with Gasteiger partial charge >= 0.3 is 5.76 Å². The lowest BCUT2D eigenvalue weighted by Gasteiger charge is -2.10. The molecule has 1 atom stereocenters. The van der Waals surface area contributed by atoms with Gasteiger partial charge in [0.15, 0.2) is 0 Å². The Morgan fingerprint density at radius 3 is 2.26 bits per heavy atom. The van der Waals surface area contributed by atoms with Crippen LogP contribution in [0, 0.1) is 0 Å². The van der Waals surface area contributed by atoms with Crippen LogP contribution in [0.15, 0.2) is 29.2 Å². The molecular formula is C11H14F2N2O3S. The van der Waals surface area contributed by atoms with E-state index in [1.807, 2.05) is 0 Å². The first-order valence-electron chi connectivity index (χ1n) is 5.47. The predicted octanol–water partition coefficient (Wildman–Crippen LogP) is 1.36. The summed E-state index contributed by atoms with van der Waals surface area (Å²) in [6.45, 7) is 1.74. The van der Waals surface area contributed by atoms with Crippen molar-refractivity contribution in [3.05, 3.63) is 24.3 Å². The van der Waals surface area contributed by atoms with Crippen LogP contribution in [0.5, 0.6) is 0 Å². The Morgan fingerprint density at radius 1 is 1.32 bits per heavy atom. The maximum Gasteiger partial charge on any atom is 0.341 e. The molecule has 0 heterocycles. The second-order valence-corrected chi connectivity index (χ2v) is 5.75. The van der Waals surface area contributed by atoms with Crippen LogP contribution in [0.25, 0.3) is 0 Å². The van der Waals surface area contributed by atoms with E-state index < -0.39 is 32.4 Å². The lowest BCUT2D eigenvalue weighted by molar-refractivity contribution is -0.117. The number of benzene rings is 1. The lowest BCUT2D eigenvalue weighted by atomic mass is 10.2. The van der Waals surface area contributed by atoms with Gasteiger partial charge in [-0.3, -0.25) is 4.79 Å². The van der Waals surface area contributed by atoms with Gasteiger partial charge in [0.25, 0.3) is 0 Å². The average Bonchev–Trinajstić information content (AvgIpc) is 2.38. The second kappa shape index (κ2) is 6.07. The molecule has 1 aromatic carbocycles. The van der Waals surface area contributed by atoms with Crippen molar-refractivity contribution < 1.29 is 22.0 Å². The van der Waals surface area contributed by atoms with Crippen molar-refractivity contribution in [2.75, 3.05) is 5.32 Å². The van der Waals surface area contributed by atoms with E-state index in [9.17, 15) is 22.0 Å². The van der Waals surface area contributed by atoms with Crippen LogP contribution in [0.2, 0.25) is 0 Å². The summed E-state index contributed by atoms with van der Waals surface area (Å²) in [5.74, 6) is -3.89. The summed E-state index contributed by atoms with van der Waals surface area (Å²) < 4.78 is 46.9. The SMILES string of the molecule is CC[C@H](N)C(=O)Nc1ccc(S(=O)(=O)C(F)F)cc1. The van der Waals surface area contributed by atoms with Gasteiger partial charge in [-0.1, -0.05) is 6.92 Å². The monoisotopic (exact) mass is 292 g/mol. The molecule has 0 bridgehead atoms. The third-order valence-corrected chi connectivity index (χ3v) is 3.86. The number of alkyl halides is 2. The zero-order valence-corrected chi connectivity index (χ0v) is 11.0. The largest absolute Gasteiger partial charge is 0.341 e. The van der Waals surface area contributed by atoms with Crippen LogP contribution in [-0.2, 0) is 14.6 Å². The first-order chi connectivity index (χ1) is 8.78. The molecule has 0 aromatic heterocycles. The third kappa shape index (κ3) is 3.71. The molecule has 5 nitrogen and oxygen atoms in total. The number of anilines is 1. The van der Waals surface area contributed by atoms with Crippen molar-refractivity contribution in [3.8, 4) is 0 Å². The molecule has 8 heteroatoms. The summed E-state index contributed by atoms with van der Waals surface area (Å²) >= 11 is 0. The van der Waals surface area contributed by atoms with Gasteiger partial charge in [-0.05, 0) is 30.7 Å². The van der Waals surface area contributed by atoms with E-state index in [-0.39, 0.29) is 0 Å². The van der Waals surface area contributed by atoms with Gasteiger partial charge in [0.05, 0.1) is 10.9 Å². The average molecular weight is 292 g/mol. The molecule has 0 saturated heterocycles.